The van der Waals surface area contributed by atoms with Crippen molar-refractivity contribution in [2.45, 2.75) is 31.4 Å². The molecule has 2 fully saturated rings. The van der Waals surface area contributed by atoms with Crippen LogP contribution in [0.25, 0.3) is 22.2 Å². The number of aromatic amines is 1. The number of piperazine rings is 1. The Hall–Kier alpha value is -3.56. The highest BCUT2D eigenvalue weighted by molar-refractivity contribution is 6.35. The second-order valence-electron chi connectivity index (χ2n) is 9.54. The van der Waals surface area contributed by atoms with E-state index in [9.17, 15) is 9.90 Å². The Morgan fingerprint density at radius 1 is 1.14 bits per heavy atom. The molecule has 1 saturated heterocycles. The van der Waals surface area contributed by atoms with Crippen LogP contribution in [0, 0.1) is 0 Å². The van der Waals surface area contributed by atoms with Gasteiger partial charge in [-0.25, -0.2) is 9.78 Å². The fraction of sp³-hybridized carbons (Fsp3) is 0.308. The number of fused-ring (bicyclic) bond motifs is 1. The van der Waals surface area contributed by atoms with Gasteiger partial charge in [0.1, 0.15) is 23.4 Å². The van der Waals surface area contributed by atoms with Crippen LogP contribution in [0.4, 0.5) is 10.6 Å². The maximum absolute atomic E-state index is 11.6. The van der Waals surface area contributed by atoms with Crippen molar-refractivity contribution in [2.24, 2.45) is 0 Å². The molecule has 37 heavy (non-hydrogen) atoms. The molecule has 1 spiro atoms. The van der Waals surface area contributed by atoms with E-state index in [-0.39, 0.29) is 11.6 Å². The Kier molecular flexibility index (Phi) is 5.84. The molecule has 1 amide bonds. The number of rotatable bonds is 5. The molecule has 4 aromatic rings. The fourth-order valence-electron chi connectivity index (χ4n) is 5.12. The first-order valence-electron chi connectivity index (χ1n) is 12.0. The van der Waals surface area contributed by atoms with Crippen molar-refractivity contribution < 1.29 is 14.6 Å². The number of ether oxygens (including phenoxy) is 1. The molecule has 190 valence electrons. The number of anilines is 1. The van der Waals surface area contributed by atoms with E-state index in [0.29, 0.717) is 41.0 Å². The van der Waals surface area contributed by atoms with Crippen molar-refractivity contribution in [3.8, 4) is 17.0 Å². The maximum atomic E-state index is 11.6. The van der Waals surface area contributed by atoms with Gasteiger partial charge in [0.25, 0.3) is 0 Å². The van der Waals surface area contributed by atoms with Gasteiger partial charge in [-0.3, -0.25) is 15.0 Å². The van der Waals surface area contributed by atoms with Crippen LogP contribution in [0.5, 0.6) is 5.75 Å². The smallest absolute Gasteiger partial charge is 0.407 e. The highest BCUT2D eigenvalue weighted by atomic mass is 35.5. The largest absolute Gasteiger partial charge is 0.486 e. The first-order chi connectivity index (χ1) is 17.8. The Morgan fingerprint density at radius 2 is 1.92 bits per heavy atom. The SMILES string of the molecule is C[C@@H](Oc1ccc2[nH]nc(-c3ccc(N4CCN(C(=O)O)C5(CC5)C4)nc3)c2c1)c1c(Cl)cncc1Cl. The number of benzene rings is 1. The van der Waals surface area contributed by atoms with Crippen molar-refractivity contribution in [2.75, 3.05) is 24.5 Å². The number of hydrogen-bond donors (Lipinski definition) is 2. The van der Waals surface area contributed by atoms with Gasteiger partial charge in [-0.05, 0) is 50.1 Å². The van der Waals surface area contributed by atoms with Gasteiger partial charge in [0.15, 0.2) is 0 Å². The minimum Gasteiger partial charge on any atom is -0.486 e. The van der Waals surface area contributed by atoms with Crippen LogP contribution in [-0.4, -0.2) is 61.4 Å². The Balaban J connectivity index is 1.23. The summed E-state index contributed by atoms with van der Waals surface area (Å²) in [5.74, 6) is 1.49. The average molecular weight is 539 g/mol. The van der Waals surface area contributed by atoms with E-state index in [1.54, 1.807) is 23.5 Å². The van der Waals surface area contributed by atoms with Crippen molar-refractivity contribution >= 4 is 46.0 Å². The number of carboxylic acid groups (broad SMARTS) is 1. The van der Waals surface area contributed by atoms with E-state index in [2.05, 4.69) is 20.1 Å². The second-order valence-corrected chi connectivity index (χ2v) is 10.4. The van der Waals surface area contributed by atoms with E-state index in [1.165, 1.54) is 0 Å². The summed E-state index contributed by atoms with van der Waals surface area (Å²) in [6.45, 7) is 3.66. The number of nitrogens with one attached hydrogen (secondary N) is 1. The summed E-state index contributed by atoms with van der Waals surface area (Å²) >= 11 is 12.6. The molecule has 9 nitrogen and oxygen atoms in total. The molecule has 0 unspecified atom stereocenters. The summed E-state index contributed by atoms with van der Waals surface area (Å²) in [6.07, 6.45) is 5.48. The van der Waals surface area contributed by atoms with Gasteiger partial charge in [0.2, 0.25) is 0 Å². The molecule has 11 heteroatoms. The number of hydrogen-bond acceptors (Lipinski definition) is 6. The molecule has 4 heterocycles. The summed E-state index contributed by atoms with van der Waals surface area (Å²) in [5.41, 5.74) is 2.93. The minimum atomic E-state index is -0.837. The van der Waals surface area contributed by atoms with E-state index < -0.39 is 6.09 Å². The first-order valence-corrected chi connectivity index (χ1v) is 12.8. The lowest BCUT2D eigenvalue weighted by molar-refractivity contribution is 0.110. The minimum absolute atomic E-state index is 0.263. The predicted octanol–water partition coefficient (Wildman–Crippen LogP) is 5.80. The Bertz CT molecular complexity index is 1470. The molecule has 1 aliphatic heterocycles. The molecule has 0 bridgehead atoms. The van der Waals surface area contributed by atoms with Crippen molar-refractivity contribution in [1.29, 1.82) is 0 Å². The third-order valence-electron chi connectivity index (χ3n) is 7.20. The molecule has 2 aliphatic rings. The quantitative estimate of drug-likeness (QED) is 0.330. The van der Waals surface area contributed by atoms with Crippen LogP contribution >= 0.6 is 23.2 Å². The lowest BCUT2D eigenvalue weighted by Crippen LogP contribution is -2.57. The summed E-state index contributed by atoms with van der Waals surface area (Å²) in [5, 5.41) is 18.9. The fourth-order valence-corrected chi connectivity index (χ4v) is 5.79. The van der Waals surface area contributed by atoms with Gasteiger partial charge in [-0.2, -0.15) is 5.10 Å². The van der Waals surface area contributed by atoms with Crippen molar-refractivity contribution in [3.05, 3.63) is 64.5 Å². The third-order valence-corrected chi connectivity index (χ3v) is 7.80. The van der Waals surface area contributed by atoms with Crippen LogP contribution < -0.4 is 9.64 Å². The summed E-state index contributed by atoms with van der Waals surface area (Å²) < 4.78 is 6.17. The van der Waals surface area contributed by atoms with Gasteiger partial charge in [-0.15, -0.1) is 0 Å². The standard InChI is InChI=1S/C26H24Cl2N6O3/c1-15(23-19(27)12-29-13-20(23)28)37-17-3-4-21-18(10-17)24(32-31-21)16-2-5-22(30-11-16)33-8-9-34(25(35)36)26(14-33)6-7-26/h2-5,10-13,15H,6-9,14H2,1H3,(H,31,32)(H,35,36)/t15-/m1/s1. The van der Waals surface area contributed by atoms with Crippen molar-refractivity contribution in [1.82, 2.24) is 25.1 Å². The number of halogens is 2. The van der Waals surface area contributed by atoms with E-state index in [0.717, 1.165) is 40.8 Å². The highest BCUT2D eigenvalue weighted by Gasteiger charge is 2.53. The normalized spacial score (nSPS) is 17.3. The zero-order valence-electron chi connectivity index (χ0n) is 20.0. The molecule has 0 radical (unpaired) electrons. The third kappa shape index (κ3) is 4.32. The zero-order chi connectivity index (χ0) is 25.7. The molecule has 1 aromatic carbocycles. The Morgan fingerprint density at radius 3 is 2.59 bits per heavy atom. The van der Waals surface area contributed by atoms with Gasteiger partial charge in [0, 0.05) is 54.7 Å². The first kappa shape index (κ1) is 23.8. The topological polar surface area (TPSA) is 107 Å². The van der Waals surface area contributed by atoms with Crippen LogP contribution in [0.2, 0.25) is 10.0 Å². The molecule has 2 N–H and O–H groups in total. The second kappa shape index (κ2) is 9.08. The van der Waals surface area contributed by atoms with Crippen molar-refractivity contribution in [3.63, 3.8) is 0 Å². The van der Waals surface area contributed by atoms with E-state index in [4.69, 9.17) is 32.9 Å². The van der Waals surface area contributed by atoms with Crippen LogP contribution in [-0.2, 0) is 0 Å². The molecular formula is C26H24Cl2N6O3. The summed E-state index contributed by atoms with van der Waals surface area (Å²) in [4.78, 5) is 24.0. The van der Waals surface area contributed by atoms with Crippen LogP contribution in [0.15, 0.2) is 48.9 Å². The van der Waals surface area contributed by atoms with E-state index in [1.807, 2.05) is 37.3 Å². The van der Waals surface area contributed by atoms with E-state index >= 15 is 0 Å². The molecule has 6 rings (SSSR count). The molecule has 1 atom stereocenters. The average Bonchev–Trinajstić information content (AvgIpc) is 3.50. The number of carbonyl (C=O) groups is 1. The van der Waals surface area contributed by atoms with Crippen LogP contribution in [0.3, 0.4) is 0 Å². The Labute approximate surface area is 223 Å². The number of pyridine rings is 2. The van der Waals surface area contributed by atoms with Gasteiger partial charge < -0.3 is 14.7 Å². The molecule has 1 aliphatic carbocycles. The summed E-state index contributed by atoms with van der Waals surface area (Å²) in [7, 11) is 0. The molecule has 1 saturated carbocycles. The van der Waals surface area contributed by atoms with Gasteiger partial charge >= 0.3 is 6.09 Å². The molecule has 3 aromatic heterocycles. The molecular weight excluding hydrogens is 515 g/mol. The number of amides is 1. The van der Waals surface area contributed by atoms with Gasteiger partial charge in [-0.1, -0.05) is 23.2 Å². The van der Waals surface area contributed by atoms with Crippen LogP contribution in [0.1, 0.15) is 31.4 Å². The van der Waals surface area contributed by atoms with Gasteiger partial charge in [0.05, 0.1) is 21.1 Å². The number of aromatic nitrogens is 4. The predicted molar refractivity (Wildman–Crippen MR) is 142 cm³/mol. The summed E-state index contributed by atoms with van der Waals surface area (Å²) in [6, 6.07) is 9.69. The zero-order valence-corrected chi connectivity index (χ0v) is 21.5. The number of nitrogens with zero attached hydrogens (tertiary/aromatic N) is 5. The monoisotopic (exact) mass is 538 g/mol. The maximum Gasteiger partial charge on any atom is 0.407 e. The highest BCUT2D eigenvalue weighted by Crippen LogP contribution is 2.45. The number of H-pyrrole nitrogens is 1. The lowest BCUT2D eigenvalue weighted by atomic mass is 10.1. The lowest BCUT2D eigenvalue weighted by Gasteiger charge is -2.41.